The Morgan fingerprint density at radius 1 is 1.06 bits per heavy atom. The Balaban J connectivity index is 1.82. The number of phenols is 1. The molecule has 3 unspecified atom stereocenters. The zero-order valence-corrected chi connectivity index (χ0v) is 19.8. The topological polar surface area (TPSA) is 94.1 Å². The molecule has 2 aromatic rings. The number of hydrogen-bond acceptors (Lipinski definition) is 7. The van der Waals surface area contributed by atoms with E-state index in [1.165, 1.54) is 13.2 Å². The van der Waals surface area contributed by atoms with Gasteiger partial charge < -0.3 is 24.6 Å². The number of fused-ring (bicyclic) bond motifs is 1. The average Bonchev–Trinajstić information content (AvgIpc) is 2.83. The molecular formula is C27H29NO6. The van der Waals surface area contributed by atoms with Crippen molar-refractivity contribution in [2.45, 2.75) is 32.1 Å². The number of Topliss-reactive ketones (excluding diaryl/α,β-unsaturated/α-hetero) is 1. The smallest absolute Gasteiger partial charge is 0.336 e. The van der Waals surface area contributed by atoms with Gasteiger partial charge in [-0.25, -0.2) is 4.79 Å². The summed E-state index contributed by atoms with van der Waals surface area (Å²) >= 11 is 0. The van der Waals surface area contributed by atoms with Crippen molar-refractivity contribution in [2.24, 2.45) is 5.92 Å². The lowest BCUT2D eigenvalue weighted by Gasteiger charge is -2.39. The number of carbonyl (C=O) groups excluding carboxylic acids is 2. The normalized spacial score (nSPS) is 21.8. The highest BCUT2D eigenvalue weighted by Gasteiger charge is 2.45. The molecule has 0 radical (unpaired) electrons. The maximum atomic E-state index is 13.6. The zero-order valence-electron chi connectivity index (χ0n) is 19.8. The number of benzene rings is 2. The molecule has 3 atom stereocenters. The van der Waals surface area contributed by atoms with Crippen LogP contribution in [0, 0.1) is 5.92 Å². The maximum absolute atomic E-state index is 13.6. The summed E-state index contributed by atoms with van der Waals surface area (Å²) in [6, 6.07) is 12.6. The Labute approximate surface area is 199 Å². The number of ketones is 1. The highest BCUT2D eigenvalue weighted by molar-refractivity contribution is 5.96. The van der Waals surface area contributed by atoms with Crippen LogP contribution in [0.25, 0.3) is 0 Å². The standard InChI is InChI=1S/C27H29NO6/c1-5-34-27(31)24-15(2)28-20-12-18(16-6-9-19(32-3)10-7-16)13-22(30)26(20)25(24)17-8-11-21(29)23(14-17)33-4/h6-12,14,18,25-26,28-29H,5,13H2,1-4H3. The van der Waals surface area contributed by atoms with Crippen molar-refractivity contribution in [1.82, 2.24) is 5.32 Å². The Morgan fingerprint density at radius 3 is 2.41 bits per heavy atom. The first-order chi connectivity index (χ1) is 16.4. The summed E-state index contributed by atoms with van der Waals surface area (Å²) in [7, 11) is 3.08. The Kier molecular flexibility index (Phi) is 6.63. The average molecular weight is 464 g/mol. The number of esters is 1. The molecule has 0 saturated carbocycles. The van der Waals surface area contributed by atoms with Crippen molar-refractivity contribution in [1.29, 1.82) is 0 Å². The number of methoxy groups -OCH3 is 2. The number of carbonyl (C=O) groups is 2. The van der Waals surface area contributed by atoms with Gasteiger partial charge in [0.05, 0.1) is 32.3 Å². The second-order valence-corrected chi connectivity index (χ2v) is 8.44. The first-order valence-corrected chi connectivity index (χ1v) is 11.3. The van der Waals surface area contributed by atoms with Gasteiger partial charge in [0.25, 0.3) is 0 Å². The Hall–Kier alpha value is -3.74. The minimum absolute atomic E-state index is 0.0103. The molecule has 1 aliphatic heterocycles. The van der Waals surface area contributed by atoms with Crippen LogP contribution in [0.5, 0.6) is 17.2 Å². The van der Waals surface area contributed by atoms with Gasteiger partial charge >= 0.3 is 5.97 Å². The van der Waals surface area contributed by atoms with Crippen molar-refractivity contribution in [3.05, 3.63) is 76.6 Å². The largest absolute Gasteiger partial charge is 0.504 e. The van der Waals surface area contributed by atoms with Gasteiger partial charge in [-0.15, -0.1) is 0 Å². The molecule has 4 rings (SSSR count). The van der Waals surface area contributed by atoms with Crippen LogP contribution in [-0.2, 0) is 14.3 Å². The molecule has 0 bridgehead atoms. The van der Waals surface area contributed by atoms with Crippen molar-refractivity contribution < 1.29 is 28.9 Å². The highest BCUT2D eigenvalue weighted by Crippen LogP contribution is 2.47. The van der Waals surface area contributed by atoms with Crippen molar-refractivity contribution in [3.63, 3.8) is 0 Å². The van der Waals surface area contributed by atoms with Crippen LogP contribution >= 0.6 is 0 Å². The summed E-state index contributed by atoms with van der Waals surface area (Å²) < 4.78 is 15.9. The van der Waals surface area contributed by atoms with Gasteiger partial charge in [0.2, 0.25) is 0 Å². The van der Waals surface area contributed by atoms with E-state index in [0.717, 1.165) is 17.0 Å². The highest BCUT2D eigenvalue weighted by atomic mass is 16.5. The number of ether oxygens (including phenoxy) is 3. The van der Waals surface area contributed by atoms with Gasteiger partial charge in [-0.2, -0.15) is 0 Å². The molecule has 34 heavy (non-hydrogen) atoms. The quantitative estimate of drug-likeness (QED) is 0.621. The van der Waals surface area contributed by atoms with Crippen molar-refractivity contribution in [2.75, 3.05) is 20.8 Å². The molecule has 2 aromatic carbocycles. The fraction of sp³-hybridized carbons (Fsp3) is 0.333. The third-order valence-corrected chi connectivity index (χ3v) is 6.47. The molecule has 7 nitrogen and oxygen atoms in total. The van der Waals surface area contributed by atoms with Crippen LogP contribution in [0.2, 0.25) is 0 Å². The fourth-order valence-corrected chi connectivity index (χ4v) is 4.87. The summed E-state index contributed by atoms with van der Waals surface area (Å²) in [5.41, 5.74) is 3.53. The molecular weight excluding hydrogens is 434 g/mol. The zero-order chi connectivity index (χ0) is 24.4. The molecule has 2 N–H and O–H groups in total. The molecule has 0 fully saturated rings. The SMILES string of the molecule is CCOC(=O)C1=C(C)NC2=CC(c3ccc(OC)cc3)CC(=O)C2C1c1ccc(O)c(OC)c1. The maximum Gasteiger partial charge on any atom is 0.336 e. The molecule has 2 aliphatic rings. The summed E-state index contributed by atoms with van der Waals surface area (Å²) in [5, 5.41) is 13.4. The molecule has 178 valence electrons. The van der Waals surface area contributed by atoms with E-state index in [4.69, 9.17) is 14.2 Å². The van der Waals surface area contributed by atoms with Crippen molar-refractivity contribution in [3.8, 4) is 17.2 Å². The lowest BCUT2D eigenvalue weighted by Crippen LogP contribution is -2.42. The van der Waals surface area contributed by atoms with E-state index in [1.54, 1.807) is 26.2 Å². The lowest BCUT2D eigenvalue weighted by atomic mass is 9.68. The summed E-state index contributed by atoms with van der Waals surface area (Å²) in [5.74, 6) is -0.649. The third kappa shape index (κ3) is 4.25. The van der Waals surface area contributed by atoms with Crippen LogP contribution < -0.4 is 14.8 Å². The minimum Gasteiger partial charge on any atom is -0.504 e. The molecule has 0 amide bonds. The van der Waals surface area contributed by atoms with E-state index in [2.05, 4.69) is 11.4 Å². The number of rotatable bonds is 6. The monoisotopic (exact) mass is 463 g/mol. The number of nitrogens with one attached hydrogen (secondary N) is 1. The molecule has 0 spiro atoms. The predicted molar refractivity (Wildman–Crippen MR) is 127 cm³/mol. The van der Waals surface area contributed by atoms with Gasteiger partial charge in [-0.3, -0.25) is 4.79 Å². The Morgan fingerprint density at radius 2 is 1.76 bits per heavy atom. The predicted octanol–water partition coefficient (Wildman–Crippen LogP) is 4.19. The second-order valence-electron chi connectivity index (χ2n) is 8.44. The van der Waals surface area contributed by atoms with E-state index in [0.29, 0.717) is 23.3 Å². The van der Waals surface area contributed by atoms with Gasteiger partial charge in [-0.05, 0) is 49.2 Å². The van der Waals surface area contributed by atoms with Crippen LogP contribution in [-0.4, -0.2) is 37.7 Å². The van der Waals surface area contributed by atoms with E-state index in [-0.39, 0.29) is 29.8 Å². The van der Waals surface area contributed by atoms with Gasteiger partial charge in [-0.1, -0.05) is 24.3 Å². The summed E-state index contributed by atoms with van der Waals surface area (Å²) in [4.78, 5) is 26.6. The minimum atomic E-state index is -0.577. The lowest BCUT2D eigenvalue weighted by molar-refractivity contribution is -0.139. The van der Waals surface area contributed by atoms with E-state index in [1.807, 2.05) is 31.2 Å². The van der Waals surface area contributed by atoms with E-state index in [9.17, 15) is 14.7 Å². The van der Waals surface area contributed by atoms with Crippen LogP contribution in [0.4, 0.5) is 0 Å². The van der Waals surface area contributed by atoms with Crippen LogP contribution in [0.15, 0.2) is 65.5 Å². The first kappa shape index (κ1) is 23.4. The second kappa shape index (κ2) is 9.63. The van der Waals surface area contributed by atoms with E-state index < -0.39 is 17.8 Å². The van der Waals surface area contributed by atoms with Crippen LogP contribution in [0.1, 0.15) is 43.2 Å². The van der Waals surface area contributed by atoms with Gasteiger partial charge in [0.1, 0.15) is 11.5 Å². The number of allylic oxidation sites excluding steroid dienone is 3. The fourth-order valence-electron chi connectivity index (χ4n) is 4.87. The summed E-state index contributed by atoms with van der Waals surface area (Å²) in [6.45, 7) is 3.79. The molecule has 7 heteroatoms. The first-order valence-electron chi connectivity index (χ1n) is 11.3. The molecule has 0 aromatic heterocycles. The molecule has 1 aliphatic carbocycles. The van der Waals surface area contributed by atoms with Crippen LogP contribution in [0.3, 0.4) is 0 Å². The Bertz CT molecular complexity index is 1160. The summed E-state index contributed by atoms with van der Waals surface area (Å²) in [6.07, 6.45) is 2.38. The number of hydrogen-bond donors (Lipinski definition) is 2. The number of aromatic hydroxyl groups is 1. The van der Waals surface area contributed by atoms with Crippen molar-refractivity contribution >= 4 is 11.8 Å². The van der Waals surface area contributed by atoms with E-state index >= 15 is 0 Å². The molecule has 1 heterocycles. The third-order valence-electron chi connectivity index (χ3n) is 6.47. The van der Waals surface area contributed by atoms with Gasteiger partial charge in [0.15, 0.2) is 11.5 Å². The number of phenolic OH excluding ortho intramolecular Hbond substituents is 1. The molecule has 0 saturated heterocycles. The van der Waals surface area contributed by atoms with Gasteiger partial charge in [0, 0.05) is 29.7 Å².